The van der Waals surface area contributed by atoms with Gasteiger partial charge in [0.2, 0.25) is 0 Å². The molecule has 0 saturated carbocycles. The zero-order valence-electron chi connectivity index (χ0n) is 10.6. The van der Waals surface area contributed by atoms with E-state index in [4.69, 9.17) is 6.42 Å². The lowest BCUT2D eigenvalue weighted by Crippen LogP contribution is -2.34. The van der Waals surface area contributed by atoms with Crippen LogP contribution in [-0.2, 0) is 4.79 Å². The first-order valence-corrected chi connectivity index (χ1v) is 6.13. The van der Waals surface area contributed by atoms with Gasteiger partial charge in [-0.25, -0.2) is 0 Å². The van der Waals surface area contributed by atoms with Crippen LogP contribution < -0.4 is 5.32 Å². The highest BCUT2D eigenvalue weighted by Gasteiger charge is 2.20. The Kier molecular flexibility index (Phi) is 5.96. The summed E-state index contributed by atoms with van der Waals surface area (Å²) in [6.07, 6.45) is 6.79. The number of aliphatic carboxylic acids is 1. The summed E-state index contributed by atoms with van der Waals surface area (Å²) < 4.78 is 0. The van der Waals surface area contributed by atoms with Gasteiger partial charge in [-0.1, -0.05) is 37.3 Å². The summed E-state index contributed by atoms with van der Waals surface area (Å²) in [6.45, 7) is 2.44. The van der Waals surface area contributed by atoms with E-state index < -0.39 is 11.9 Å². The predicted molar refractivity (Wildman–Crippen MR) is 72.4 cm³/mol. The van der Waals surface area contributed by atoms with E-state index in [1.807, 2.05) is 37.3 Å². The van der Waals surface area contributed by atoms with Gasteiger partial charge in [-0.15, -0.1) is 12.3 Å². The van der Waals surface area contributed by atoms with Crippen LogP contribution in [0.15, 0.2) is 30.3 Å². The lowest BCUT2D eigenvalue weighted by molar-refractivity contribution is -0.138. The van der Waals surface area contributed by atoms with Crippen molar-refractivity contribution in [3.63, 3.8) is 0 Å². The molecule has 0 amide bonds. The summed E-state index contributed by atoms with van der Waals surface area (Å²) in [5.74, 6) is 1.26. The summed E-state index contributed by atoms with van der Waals surface area (Å²) >= 11 is 0. The lowest BCUT2D eigenvalue weighted by Gasteiger charge is -2.18. The quantitative estimate of drug-likeness (QED) is 0.724. The topological polar surface area (TPSA) is 49.3 Å². The number of hydrogen-bond acceptors (Lipinski definition) is 2. The average molecular weight is 245 g/mol. The molecular weight excluding hydrogens is 226 g/mol. The minimum atomic E-state index is -0.815. The number of hydrogen-bond donors (Lipinski definition) is 2. The number of carbonyl (C=O) groups is 1. The molecule has 0 aliphatic carbocycles. The summed E-state index contributed by atoms with van der Waals surface area (Å²) in [5, 5.41) is 12.5. The normalized spacial score (nSPS) is 13.6. The lowest BCUT2D eigenvalue weighted by atomic mass is 9.98. The van der Waals surface area contributed by atoms with E-state index in [9.17, 15) is 9.90 Å². The highest BCUT2D eigenvalue weighted by atomic mass is 16.4. The molecule has 0 radical (unpaired) electrons. The van der Waals surface area contributed by atoms with Crippen molar-refractivity contribution in [2.24, 2.45) is 0 Å². The fourth-order valence-electron chi connectivity index (χ4n) is 1.82. The molecule has 0 heterocycles. The van der Waals surface area contributed by atoms with Crippen molar-refractivity contribution in [1.29, 1.82) is 0 Å². The minimum Gasteiger partial charge on any atom is -0.481 e. The van der Waals surface area contributed by atoms with Crippen LogP contribution in [0.4, 0.5) is 0 Å². The third kappa shape index (κ3) is 4.23. The molecule has 1 aromatic carbocycles. The number of rotatable bonds is 7. The van der Waals surface area contributed by atoms with Crippen LogP contribution in [0.5, 0.6) is 0 Å². The van der Waals surface area contributed by atoms with Gasteiger partial charge >= 0.3 is 5.97 Å². The Hall–Kier alpha value is -1.79. The van der Waals surface area contributed by atoms with Crippen LogP contribution in [0.1, 0.15) is 31.2 Å². The van der Waals surface area contributed by atoms with Gasteiger partial charge in [0.1, 0.15) is 0 Å². The molecule has 0 aromatic heterocycles. The fourth-order valence-corrected chi connectivity index (χ4v) is 1.82. The van der Waals surface area contributed by atoms with Gasteiger partial charge in [-0.3, -0.25) is 4.79 Å². The molecule has 0 bridgehead atoms. The van der Waals surface area contributed by atoms with Crippen molar-refractivity contribution in [3.8, 4) is 12.3 Å². The van der Waals surface area contributed by atoms with Crippen molar-refractivity contribution >= 4 is 5.97 Å². The average Bonchev–Trinajstić information content (AvgIpc) is 2.38. The number of carboxylic acid groups (broad SMARTS) is 1. The highest BCUT2D eigenvalue weighted by Crippen LogP contribution is 2.15. The molecule has 1 rings (SSSR count). The van der Waals surface area contributed by atoms with Gasteiger partial charge in [-0.05, 0) is 12.0 Å². The molecule has 3 heteroatoms. The predicted octanol–water partition coefficient (Wildman–Crippen LogP) is 2.25. The first-order chi connectivity index (χ1) is 8.69. The van der Waals surface area contributed by atoms with Crippen molar-refractivity contribution in [2.75, 3.05) is 6.54 Å². The van der Waals surface area contributed by atoms with Crippen molar-refractivity contribution in [3.05, 3.63) is 35.9 Å². The highest BCUT2D eigenvalue weighted by molar-refractivity contribution is 5.76. The summed E-state index contributed by atoms with van der Waals surface area (Å²) in [5.41, 5.74) is 0.813. The second-order valence-corrected chi connectivity index (χ2v) is 4.22. The van der Waals surface area contributed by atoms with Gasteiger partial charge < -0.3 is 10.4 Å². The molecular formula is C15H19NO2. The fraction of sp³-hybridized carbons (Fsp3) is 0.400. The van der Waals surface area contributed by atoms with Crippen LogP contribution in [0.25, 0.3) is 0 Å². The summed E-state index contributed by atoms with van der Waals surface area (Å²) in [4.78, 5) is 11.3. The van der Waals surface area contributed by atoms with Gasteiger partial charge in [-0.2, -0.15) is 0 Å². The zero-order valence-corrected chi connectivity index (χ0v) is 10.6. The van der Waals surface area contributed by atoms with Crippen molar-refractivity contribution < 1.29 is 9.90 Å². The maximum Gasteiger partial charge on any atom is 0.312 e. The van der Waals surface area contributed by atoms with Crippen LogP contribution in [0.3, 0.4) is 0 Å². The van der Waals surface area contributed by atoms with Crippen molar-refractivity contribution in [1.82, 2.24) is 5.32 Å². The van der Waals surface area contributed by atoms with Gasteiger partial charge in [0.15, 0.2) is 0 Å². The molecule has 2 unspecified atom stereocenters. The number of carboxylic acids is 1. The SMILES string of the molecule is C#CCC(CC)NCC(C(=O)O)c1ccccc1. The Balaban J connectivity index is 2.65. The van der Waals surface area contributed by atoms with Crippen LogP contribution >= 0.6 is 0 Å². The van der Waals surface area contributed by atoms with E-state index in [0.29, 0.717) is 13.0 Å². The maximum absolute atomic E-state index is 11.3. The third-order valence-corrected chi connectivity index (χ3v) is 2.97. The van der Waals surface area contributed by atoms with Gasteiger partial charge in [0.25, 0.3) is 0 Å². The summed E-state index contributed by atoms with van der Waals surface area (Å²) in [7, 11) is 0. The molecule has 0 saturated heterocycles. The Labute approximate surface area is 108 Å². The molecule has 2 atom stereocenters. The molecule has 1 aromatic rings. The standard InChI is InChI=1S/C15H19NO2/c1-3-8-13(4-2)16-11-14(15(17)18)12-9-6-5-7-10-12/h1,5-7,9-10,13-14,16H,4,8,11H2,2H3,(H,17,18). The largest absolute Gasteiger partial charge is 0.481 e. The molecule has 0 spiro atoms. The van der Waals surface area contributed by atoms with Gasteiger partial charge in [0, 0.05) is 19.0 Å². The molecule has 0 aliphatic heterocycles. The van der Waals surface area contributed by atoms with E-state index in [1.165, 1.54) is 0 Å². The minimum absolute atomic E-state index is 0.181. The second kappa shape index (κ2) is 7.52. The van der Waals surface area contributed by atoms with E-state index >= 15 is 0 Å². The Morgan fingerprint density at radius 2 is 2.11 bits per heavy atom. The zero-order chi connectivity index (χ0) is 13.4. The first-order valence-electron chi connectivity index (χ1n) is 6.13. The van der Waals surface area contributed by atoms with E-state index in [1.54, 1.807) is 0 Å². The molecule has 18 heavy (non-hydrogen) atoms. The Morgan fingerprint density at radius 3 is 2.61 bits per heavy atom. The van der Waals surface area contributed by atoms with E-state index in [0.717, 1.165) is 12.0 Å². The summed E-state index contributed by atoms with van der Waals surface area (Å²) in [6, 6.07) is 9.43. The third-order valence-electron chi connectivity index (χ3n) is 2.97. The maximum atomic E-state index is 11.3. The molecule has 0 aliphatic rings. The molecule has 0 fully saturated rings. The van der Waals surface area contributed by atoms with Crippen LogP contribution in [-0.4, -0.2) is 23.7 Å². The number of nitrogens with one attached hydrogen (secondary N) is 1. The van der Waals surface area contributed by atoms with Crippen molar-refractivity contribution in [2.45, 2.75) is 31.7 Å². The Bertz CT molecular complexity index is 408. The molecule has 2 N–H and O–H groups in total. The molecule has 3 nitrogen and oxygen atoms in total. The Morgan fingerprint density at radius 1 is 1.44 bits per heavy atom. The van der Waals surface area contributed by atoms with Gasteiger partial charge in [0.05, 0.1) is 5.92 Å². The second-order valence-electron chi connectivity index (χ2n) is 4.22. The first kappa shape index (κ1) is 14.3. The molecule has 96 valence electrons. The number of terminal acetylenes is 1. The van der Waals surface area contributed by atoms with E-state index in [2.05, 4.69) is 11.2 Å². The number of benzene rings is 1. The van der Waals surface area contributed by atoms with Crippen LogP contribution in [0, 0.1) is 12.3 Å². The van der Waals surface area contributed by atoms with Crippen LogP contribution in [0.2, 0.25) is 0 Å². The van der Waals surface area contributed by atoms with E-state index in [-0.39, 0.29) is 6.04 Å². The smallest absolute Gasteiger partial charge is 0.312 e. The monoisotopic (exact) mass is 245 g/mol.